The molecule has 0 amide bonds. The lowest BCUT2D eigenvalue weighted by atomic mass is 10.5. The zero-order valence-electron chi connectivity index (χ0n) is 14.7. The van der Waals surface area contributed by atoms with Crippen LogP contribution in [0.25, 0.3) is 0 Å². The van der Waals surface area contributed by atoms with Crippen molar-refractivity contribution >= 4 is 0 Å². The van der Waals surface area contributed by atoms with Crippen molar-refractivity contribution in [2.24, 2.45) is 0 Å². The molecule has 1 rings (SSSR count). The molecular formula is C15H27N3O6. The van der Waals surface area contributed by atoms with Gasteiger partial charge in [0.15, 0.2) is 0 Å². The Balaban J connectivity index is 3.21. The monoisotopic (exact) mass is 345 g/mol. The third-order valence-corrected chi connectivity index (χ3v) is 3.24. The maximum Gasteiger partial charge on any atom is 0.336 e. The van der Waals surface area contributed by atoms with Crippen LogP contribution in [-0.2, 0) is 29.1 Å². The van der Waals surface area contributed by atoms with Crippen LogP contribution in [-0.4, -0.2) is 50.8 Å². The summed E-state index contributed by atoms with van der Waals surface area (Å²) in [5.41, 5.74) is -2.18. The quantitative estimate of drug-likeness (QED) is 0.584. The summed E-state index contributed by atoms with van der Waals surface area (Å²) in [5, 5.41) is 9.07. The minimum absolute atomic E-state index is 0.0343. The van der Waals surface area contributed by atoms with Crippen molar-refractivity contribution in [3.8, 4) is 0 Å². The lowest BCUT2D eigenvalue weighted by Gasteiger charge is -2.15. The molecule has 0 aliphatic heterocycles. The second-order valence-electron chi connectivity index (χ2n) is 5.87. The molecule has 9 nitrogen and oxygen atoms in total. The van der Waals surface area contributed by atoms with Crippen LogP contribution in [0.1, 0.15) is 27.7 Å². The molecule has 0 bridgehead atoms. The van der Waals surface area contributed by atoms with Gasteiger partial charge in [-0.2, -0.15) is 0 Å². The molecule has 1 N–H and O–H groups in total. The predicted molar refractivity (Wildman–Crippen MR) is 88.5 cm³/mol. The van der Waals surface area contributed by atoms with Gasteiger partial charge in [0.05, 0.1) is 51.7 Å². The molecule has 0 radical (unpaired) electrons. The van der Waals surface area contributed by atoms with Crippen LogP contribution in [0.4, 0.5) is 0 Å². The number of aromatic nitrogens is 3. The fourth-order valence-electron chi connectivity index (χ4n) is 2.12. The molecule has 138 valence electrons. The van der Waals surface area contributed by atoms with E-state index in [4.69, 9.17) is 14.6 Å². The lowest BCUT2D eigenvalue weighted by molar-refractivity contribution is 0.0665. The van der Waals surface area contributed by atoms with Crippen LogP contribution in [0.5, 0.6) is 0 Å². The van der Waals surface area contributed by atoms with E-state index in [1.807, 2.05) is 27.7 Å². The summed E-state index contributed by atoms with van der Waals surface area (Å²) < 4.78 is 13.5. The molecule has 0 aliphatic carbocycles. The SMILES string of the molecule is CC(C)OCCn1c(=O)n(CCO)c(=O)n(CCOC(C)C)c1=O. The van der Waals surface area contributed by atoms with Crippen LogP contribution < -0.4 is 17.1 Å². The molecule has 1 heterocycles. The minimum atomic E-state index is -0.743. The summed E-state index contributed by atoms with van der Waals surface area (Å²) in [6.45, 7) is 7.24. The molecule has 0 saturated heterocycles. The third-order valence-electron chi connectivity index (χ3n) is 3.24. The topological polar surface area (TPSA) is 105 Å². The average molecular weight is 345 g/mol. The number of hydrogen-bond donors (Lipinski definition) is 1. The smallest absolute Gasteiger partial charge is 0.336 e. The highest BCUT2D eigenvalue weighted by molar-refractivity contribution is 4.79. The molecular weight excluding hydrogens is 318 g/mol. The van der Waals surface area contributed by atoms with Gasteiger partial charge in [-0.05, 0) is 27.7 Å². The number of ether oxygens (including phenoxy) is 2. The summed E-state index contributed by atoms with van der Waals surface area (Å²) in [4.78, 5) is 37.1. The number of aliphatic hydroxyl groups excluding tert-OH is 1. The van der Waals surface area contributed by atoms with E-state index in [1.54, 1.807) is 0 Å². The van der Waals surface area contributed by atoms with Gasteiger partial charge in [0.1, 0.15) is 0 Å². The van der Waals surface area contributed by atoms with E-state index >= 15 is 0 Å². The van der Waals surface area contributed by atoms with E-state index in [2.05, 4.69) is 0 Å². The molecule has 0 saturated carbocycles. The minimum Gasteiger partial charge on any atom is -0.395 e. The van der Waals surface area contributed by atoms with E-state index in [0.29, 0.717) is 0 Å². The number of hydrogen-bond acceptors (Lipinski definition) is 6. The fourth-order valence-corrected chi connectivity index (χ4v) is 2.12. The van der Waals surface area contributed by atoms with Gasteiger partial charge in [0.25, 0.3) is 0 Å². The van der Waals surface area contributed by atoms with Crippen molar-refractivity contribution < 1.29 is 14.6 Å². The second-order valence-corrected chi connectivity index (χ2v) is 5.87. The van der Waals surface area contributed by atoms with Gasteiger partial charge in [-0.15, -0.1) is 0 Å². The Bertz CT molecular complexity index is 634. The second kappa shape index (κ2) is 9.55. The Labute approximate surface area is 140 Å². The first-order chi connectivity index (χ1) is 11.3. The van der Waals surface area contributed by atoms with Crippen LogP contribution in [0, 0.1) is 0 Å². The zero-order valence-corrected chi connectivity index (χ0v) is 14.7. The molecule has 0 fully saturated rings. The molecule has 0 spiro atoms. The Morgan fingerprint density at radius 2 is 1.08 bits per heavy atom. The van der Waals surface area contributed by atoms with Gasteiger partial charge in [0, 0.05) is 0 Å². The van der Waals surface area contributed by atoms with Gasteiger partial charge in [-0.25, -0.2) is 28.1 Å². The summed E-state index contributed by atoms with van der Waals surface area (Å²) in [6, 6.07) is 0. The predicted octanol–water partition coefficient (Wildman–Crippen LogP) is -0.986. The van der Waals surface area contributed by atoms with Crippen LogP contribution in [0.15, 0.2) is 14.4 Å². The van der Waals surface area contributed by atoms with E-state index in [9.17, 15) is 14.4 Å². The van der Waals surface area contributed by atoms with E-state index in [-0.39, 0.29) is 51.7 Å². The maximum atomic E-state index is 12.5. The van der Waals surface area contributed by atoms with E-state index in [1.165, 1.54) is 0 Å². The van der Waals surface area contributed by atoms with Crippen molar-refractivity contribution in [1.29, 1.82) is 0 Å². The van der Waals surface area contributed by atoms with Crippen molar-refractivity contribution in [2.75, 3.05) is 19.8 Å². The summed E-state index contributed by atoms with van der Waals surface area (Å²) in [5.74, 6) is 0. The van der Waals surface area contributed by atoms with Gasteiger partial charge >= 0.3 is 17.1 Å². The van der Waals surface area contributed by atoms with Crippen molar-refractivity contribution in [3.63, 3.8) is 0 Å². The number of nitrogens with zero attached hydrogens (tertiary/aromatic N) is 3. The summed E-state index contributed by atoms with van der Waals surface area (Å²) in [6.07, 6.45) is -0.0727. The lowest BCUT2D eigenvalue weighted by Crippen LogP contribution is -2.55. The Morgan fingerprint density at radius 1 is 0.750 bits per heavy atom. The van der Waals surface area contributed by atoms with Crippen LogP contribution in [0.3, 0.4) is 0 Å². The van der Waals surface area contributed by atoms with Crippen molar-refractivity contribution in [2.45, 2.75) is 59.5 Å². The number of rotatable bonds is 10. The van der Waals surface area contributed by atoms with Gasteiger partial charge in [-0.1, -0.05) is 0 Å². The molecule has 0 aliphatic rings. The molecule has 1 aromatic heterocycles. The highest BCUT2D eigenvalue weighted by atomic mass is 16.5. The first-order valence-electron chi connectivity index (χ1n) is 8.08. The Morgan fingerprint density at radius 3 is 1.38 bits per heavy atom. The third kappa shape index (κ3) is 5.43. The van der Waals surface area contributed by atoms with Crippen LogP contribution >= 0.6 is 0 Å². The van der Waals surface area contributed by atoms with Crippen molar-refractivity contribution in [3.05, 3.63) is 31.5 Å². The molecule has 0 atom stereocenters. The number of aliphatic hydroxyl groups is 1. The highest BCUT2D eigenvalue weighted by Crippen LogP contribution is 1.89. The first kappa shape index (κ1) is 20.3. The zero-order chi connectivity index (χ0) is 18.3. The molecule has 1 aromatic rings. The molecule has 9 heteroatoms. The fraction of sp³-hybridized carbons (Fsp3) is 0.800. The van der Waals surface area contributed by atoms with E-state index < -0.39 is 17.1 Å². The normalized spacial score (nSPS) is 11.6. The van der Waals surface area contributed by atoms with Gasteiger partial charge in [-0.3, -0.25) is 0 Å². The molecule has 0 aromatic carbocycles. The van der Waals surface area contributed by atoms with Gasteiger partial charge in [0.2, 0.25) is 0 Å². The molecule has 24 heavy (non-hydrogen) atoms. The summed E-state index contributed by atoms with van der Waals surface area (Å²) in [7, 11) is 0. The van der Waals surface area contributed by atoms with Crippen LogP contribution in [0.2, 0.25) is 0 Å². The Hall–Kier alpha value is -1.71. The van der Waals surface area contributed by atoms with E-state index in [0.717, 1.165) is 13.7 Å². The highest BCUT2D eigenvalue weighted by Gasteiger charge is 2.15. The average Bonchev–Trinajstić information content (AvgIpc) is 2.50. The van der Waals surface area contributed by atoms with Gasteiger partial charge < -0.3 is 14.6 Å². The Kier molecular flexibility index (Phi) is 8.09. The largest absolute Gasteiger partial charge is 0.395 e. The molecule has 0 unspecified atom stereocenters. The maximum absolute atomic E-state index is 12.5. The standard InChI is InChI=1S/C15H27N3O6/c1-11(2)23-9-6-17-13(20)16(5-8-19)14(21)18(15(17)22)7-10-24-12(3)4/h11-12,19H,5-10H2,1-4H3. The first-order valence-corrected chi connectivity index (χ1v) is 8.08. The van der Waals surface area contributed by atoms with Crippen molar-refractivity contribution in [1.82, 2.24) is 13.7 Å². The summed E-state index contributed by atoms with van der Waals surface area (Å²) >= 11 is 0.